The summed E-state index contributed by atoms with van der Waals surface area (Å²) in [6.07, 6.45) is 0. The first-order valence-electron chi connectivity index (χ1n) is 17.3. The van der Waals surface area contributed by atoms with Gasteiger partial charge < -0.3 is 4.57 Å². The molecule has 0 saturated carbocycles. The molecule has 0 aliphatic heterocycles. The summed E-state index contributed by atoms with van der Waals surface area (Å²) in [7, 11) is 0. The van der Waals surface area contributed by atoms with Crippen molar-refractivity contribution in [3.05, 3.63) is 188 Å². The summed E-state index contributed by atoms with van der Waals surface area (Å²) in [4.78, 5) is 10.4. The third-order valence-electron chi connectivity index (χ3n) is 9.97. The lowest BCUT2D eigenvalue weighted by atomic mass is 10.00. The summed E-state index contributed by atoms with van der Waals surface area (Å²) in [5.41, 5.74) is 10.6. The second-order valence-corrected chi connectivity index (χ2v) is 13.0. The van der Waals surface area contributed by atoms with Crippen molar-refractivity contribution in [2.45, 2.75) is 0 Å². The van der Waals surface area contributed by atoms with Crippen molar-refractivity contribution in [3.63, 3.8) is 0 Å². The molecule has 10 rings (SSSR count). The average Bonchev–Trinajstić information content (AvgIpc) is 3.57. The van der Waals surface area contributed by atoms with Gasteiger partial charge in [0.1, 0.15) is 0 Å². The van der Waals surface area contributed by atoms with Crippen molar-refractivity contribution >= 4 is 43.4 Å². The van der Waals surface area contributed by atoms with Crippen molar-refractivity contribution in [3.8, 4) is 50.7 Å². The highest BCUT2D eigenvalue weighted by molar-refractivity contribution is 6.28. The number of benzene rings is 8. The maximum Gasteiger partial charge on any atom is 0.160 e. The highest BCUT2D eigenvalue weighted by Gasteiger charge is 2.18. The van der Waals surface area contributed by atoms with Crippen LogP contribution in [0.1, 0.15) is 0 Å². The molecular formula is C48H31N3. The third-order valence-corrected chi connectivity index (χ3v) is 9.97. The Balaban J connectivity index is 1.19. The minimum absolute atomic E-state index is 0.698. The maximum absolute atomic E-state index is 5.24. The minimum Gasteiger partial charge on any atom is -0.309 e. The Morgan fingerprint density at radius 3 is 1.51 bits per heavy atom. The molecule has 0 radical (unpaired) electrons. The van der Waals surface area contributed by atoms with Crippen molar-refractivity contribution in [2.24, 2.45) is 0 Å². The van der Waals surface area contributed by atoms with E-state index in [9.17, 15) is 0 Å². The van der Waals surface area contributed by atoms with Gasteiger partial charge in [-0.05, 0) is 69.1 Å². The molecule has 3 nitrogen and oxygen atoms in total. The van der Waals surface area contributed by atoms with Crippen LogP contribution in [0, 0.1) is 0 Å². The fourth-order valence-electron chi connectivity index (χ4n) is 7.58. The van der Waals surface area contributed by atoms with Crippen molar-refractivity contribution in [2.75, 3.05) is 0 Å². The van der Waals surface area contributed by atoms with Crippen molar-refractivity contribution in [1.29, 1.82) is 0 Å². The fraction of sp³-hybridized carbons (Fsp3) is 0. The smallest absolute Gasteiger partial charge is 0.160 e. The lowest BCUT2D eigenvalue weighted by molar-refractivity contribution is 1.16. The number of fused-ring (bicyclic) bond motifs is 7. The van der Waals surface area contributed by atoms with E-state index in [1.54, 1.807) is 0 Å². The molecule has 0 aliphatic rings. The summed E-state index contributed by atoms with van der Waals surface area (Å²) in [6.45, 7) is 0. The van der Waals surface area contributed by atoms with Crippen LogP contribution < -0.4 is 0 Å². The zero-order valence-electron chi connectivity index (χ0n) is 27.7. The first kappa shape index (κ1) is 29.1. The molecule has 0 amide bonds. The monoisotopic (exact) mass is 649 g/mol. The molecule has 10 aromatic rings. The van der Waals surface area contributed by atoms with E-state index in [1.165, 1.54) is 48.9 Å². The molecule has 0 fully saturated rings. The molecule has 51 heavy (non-hydrogen) atoms. The van der Waals surface area contributed by atoms with E-state index in [0.717, 1.165) is 39.3 Å². The number of hydrogen-bond donors (Lipinski definition) is 0. The number of aromatic nitrogens is 3. The number of rotatable bonds is 5. The molecule has 2 aromatic heterocycles. The van der Waals surface area contributed by atoms with Gasteiger partial charge in [0.25, 0.3) is 0 Å². The van der Waals surface area contributed by atoms with Gasteiger partial charge in [0.05, 0.1) is 22.4 Å². The quantitative estimate of drug-likeness (QED) is 0.186. The molecule has 0 aliphatic carbocycles. The van der Waals surface area contributed by atoms with Gasteiger partial charge in [0.2, 0.25) is 0 Å². The van der Waals surface area contributed by atoms with Crippen molar-refractivity contribution < 1.29 is 0 Å². The predicted octanol–water partition coefficient (Wildman–Crippen LogP) is 12.5. The topological polar surface area (TPSA) is 30.7 Å². The minimum atomic E-state index is 0.698. The second kappa shape index (κ2) is 11.9. The number of hydrogen-bond acceptors (Lipinski definition) is 2. The summed E-state index contributed by atoms with van der Waals surface area (Å²) < 4.78 is 2.41. The fourth-order valence-corrected chi connectivity index (χ4v) is 7.58. The molecule has 2 heterocycles. The molecule has 3 heteroatoms. The Kier molecular flexibility index (Phi) is 6.81. The Morgan fingerprint density at radius 1 is 0.333 bits per heavy atom. The Bertz CT molecular complexity index is 2810. The van der Waals surface area contributed by atoms with Crippen LogP contribution in [-0.2, 0) is 0 Å². The van der Waals surface area contributed by atoms with E-state index in [4.69, 9.17) is 9.97 Å². The van der Waals surface area contributed by atoms with Gasteiger partial charge in [-0.15, -0.1) is 0 Å². The molecule has 0 atom stereocenters. The molecule has 0 bridgehead atoms. The Morgan fingerprint density at radius 2 is 0.843 bits per heavy atom. The molecule has 0 spiro atoms. The largest absolute Gasteiger partial charge is 0.309 e. The third kappa shape index (κ3) is 4.98. The number of nitrogens with zero attached hydrogens (tertiary/aromatic N) is 3. The first-order valence-corrected chi connectivity index (χ1v) is 17.3. The zero-order chi connectivity index (χ0) is 33.7. The van der Waals surface area contributed by atoms with Gasteiger partial charge in [-0.25, -0.2) is 9.97 Å². The first-order chi connectivity index (χ1) is 25.3. The molecular weight excluding hydrogens is 619 g/mol. The molecule has 0 saturated heterocycles. The normalized spacial score (nSPS) is 11.5. The van der Waals surface area contributed by atoms with Crippen LogP contribution in [0.25, 0.3) is 94.1 Å². The second-order valence-electron chi connectivity index (χ2n) is 13.0. The molecule has 8 aromatic carbocycles. The van der Waals surface area contributed by atoms with E-state index >= 15 is 0 Å². The lowest BCUT2D eigenvalue weighted by Crippen LogP contribution is -1.98. The lowest BCUT2D eigenvalue weighted by Gasteiger charge is -2.13. The Labute approximate surface area is 295 Å². The molecule has 0 N–H and O–H groups in total. The van der Waals surface area contributed by atoms with E-state index in [2.05, 4.69) is 180 Å². The zero-order valence-corrected chi connectivity index (χ0v) is 27.7. The predicted molar refractivity (Wildman–Crippen MR) is 213 cm³/mol. The van der Waals surface area contributed by atoms with Gasteiger partial charge in [0.15, 0.2) is 5.82 Å². The van der Waals surface area contributed by atoms with Crippen LogP contribution in [0.5, 0.6) is 0 Å². The van der Waals surface area contributed by atoms with E-state index in [0.29, 0.717) is 5.82 Å². The summed E-state index contributed by atoms with van der Waals surface area (Å²) in [6, 6.07) is 66.7. The molecule has 0 unspecified atom stereocenters. The summed E-state index contributed by atoms with van der Waals surface area (Å²) in [5.74, 6) is 0.698. The van der Waals surface area contributed by atoms with Gasteiger partial charge in [-0.3, -0.25) is 0 Å². The van der Waals surface area contributed by atoms with Gasteiger partial charge in [-0.2, -0.15) is 0 Å². The van der Waals surface area contributed by atoms with E-state index in [-0.39, 0.29) is 0 Å². The van der Waals surface area contributed by atoms with Crippen LogP contribution in [0.15, 0.2) is 188 Å². The Hall–Kier alpha value is -6.84. The summed E-state index contributed by atoms with van der Waals surface area (Å²) in [5, 5.41) is 7.56. The molecule has 238 valence electrons. The van der Waals surface area contributed by atoms with Crippen LogP contribution in [0.4, 0.5) is 0 Å². The van der Waals surface area contributed by atoms with Crippen LogP contribution in [-0.4, -0.2) is 14.5 Å². The average molecular weight is 650 g/mol. The maximum atomic E-state index is 5.24. The van der Waals surface area contributed by atoms with Crippen molar-refractivity contribution in [1.82, 2.24) is 14.5 Å². The van der Waals surface area contributed by atoms with Gasteiger partial charge in [-0.1, -0.05) is 152 Å². The van der Waals surface area contributed by atoms with Crippen LogP contribution >= 0.6 is 0 Å². The highest BCUT2D eigenvalue weighted by atomic mass is 15.0. The van der Waals surface area contributed by atoms with Crippen LogP contribution in [0.2, 0.25) is 0 Å². The van der Waals surface area contributed by atoms with E-state index in [1.807, 2.05) is 12.1 Å². The van der Waals surface area contributed by atoms with Crippen LogP contribution in [0.3, 0.4) is 0 Å². The van der Waals surface area contributed by atoms with E-state index < -0.39 is 0 Å². The highest BCUT2D eigenvalue weighted by Crippen LogP contribution is 2.41. The standard InChI is InChI=1S/C48H31N3/c1-3-13-32(14-4-1)36-19-11-21-38(29-36)48-49-42(35-17-5-2-6-18-35)31-43(50-48)37-20-12-22-39(30-37)51-44-27-25-33-15-7-9-23-40(33)46(44)47-41-24-10-8-16-34(41)26-28-45(47)51/h1-31H. The van der Waals surface area contributed by atoms with Gasteiger partial charge in [0, 0.05) is 33.2 Å². The SMILES string of the molecule is c1ccc(-c2cccc(-c3nc(-c4ccccc4)cc(-c4cccc(-n5c6ccc7ccccc7c6c6c7ccccc7ccc65)c4)n3)c2)cc1. The van der Waals surface area contributed by atoms with Gasteiger partial charge >= 0.3 is 0 Å². The summed E-state index contributed by atoms with van der Waals surface area (Å²) >= 11 is 0.